The third-order valence-corrected chi connectivity index (χ3v) is 4.24. The van der Waals surface area contributed by atoms with Gasteiger partial charge >= 0.3 is 0 Å². The number of thioether (sulfide) groups is 1. The van der Waals surface area contributed by atoms with Crippen molar-refractivity contribution in [3.63, 3.8) is 0 Å². The van der Waals surface area contributed by atoms with Crippen LogP contribution in [0.5, 0.6) is 11.5 Å². The van der Waals surface area contributed by atoms with Gasteiger partial charge in [-0.3, -0.25) is 0 Å². The Balaban J connectivity index is 2.96. The summed E-state index contributed by atoms with van der Waals surface area (Å²) in [6.07, 6.45) is 1.12. The first-order valence-corrected chi connectivity index (χ1v) is 8.24. The van der Waals surface area contributed by atoms with Crippen LogP contribution in [0.1, 0.15) is 38.8 Å². The lowest BCUT2D eigenvalue weighted by atomic mass is 10.1. The zero-order valence-corrected chi connectivity index (χ0v) is 14.0. The molecule has 0 amide bonds. The Hall–Kier alpha value is -0.870. The summed E-state index contributed by atoms with van der Waals surface area (Å²) in [4.78, 5) is 0. The Kier molecular flexibility index (Phi) is 7.85. The molecule has 0 fully saturated rings. The van der Waals surface area contributed by atoms with Crippen LogP contribution in [0, 0.1) is 0 Å². The van der Waals surface area contributed by atoms with Gasteiger partial charge in [0, 0.05) is 17.4 Å². The summed E-state index contributed by atoms with van der Waals surface area (Å²) < 4.78 is 10.9. The lowest BCUT2D eigenvalue weighted by Gasteiger charge is -2.22. The predicted molar refractivity (Wildman–Crippen MR) is 88.2 cm³/mol. The van der Waals surface area contributed by atoms with Crippen LogP contribution in [0.3, 0.4) is 0 Å². The SMILES string of the molecule is CCCNC(CSC(C)C)c1cc(OC)ccc1OC. The number of methoxy groups -OCH3 is 2. The molecular formula is C16H27NO2S. The van der Waals surface area contributed by atoms with Crippen LogP contribution in [0.2, 0.25) is 0 Å². The maximum absolute atomic E-state index is 5.51. The molecule has 1 rings (SSSR count). The third-order valence-electron chi connectivity index (χ3n) is 3.05. The standard InChI is InChI=1S/C16H27NO2S/c1-6-9-17-15(11-20-12(2)3)14-10-13(18-4)7-8-16(14)19-5/h7-8,10,12,15,17H,6,9,11H2,1-5H3. The van der Waals surface area contributed by atoms with Gasteiger partial charge in [-0.2, -0.15) is 11.8 Å². The zero-order valence-electron chi connectivity index (χ0n) is 13.2. The zero-order chi connectivity index (χ0) is 15.0. The van der Waals surface area contributed by atoms with Crippen molar-refractivity contribution in [3.05, 3.63) is 23.8 Å². The first-order valence-electron chi connectivity index (χ1n) is 7.19. The third kappa shape index (κ3) is 5.25. The van der Waals surface area contributed by atoms with Crippen molar-refractivity contribution >= 4 is 11.8 Å². The van der Waals surface area contributed by atoms with Crippen molar-refractivity contribution in [3.8, 4) is 11.5 Å². The Bertz CT molecular complexity index is 396. The van der Waals surface area contributed by atoms with Crippen LogP contribution >= 0.6 is 11.8 Å². The topological polar surface area (TPSA) is 30.5 Å². The minimum atomic E-state index is 0.285. The first kappa shape index (κ1) is 17.2. The van der Waals surface area contributed by atoms with Crippen molar-refractivity contribution in [2.45, 2.75) is 38.5 Å². The van der Waals surface area contributed by atoms with E-state index in [-0.39, 0.29) is 6.04 Å². The van der Waals surface area contributed by atoms with E-state index in [2.05, 4.69) is 32.2 Å². The van der Waals surface area contributed by atoms with Crippen LogP contribution in [0.15, 0.2) is 18.2 Å². The molecule has 0 aliphatic rings. The second-order valence-corrected chi connectivity index (χ2v) is 6.61. The van der Waals surface area contributed by atoms with Gasteiger partial charge in [0.2, 0.25) is 0 Å². The van der Waals surface area contributed by atoms with Crippen molar-refractivity contribution < 1.29 is 9.47 Å². The molecule has 0 saturated carbocycles. The highest BCUT2D eigenvalue weighted by atomic mass is 32.2. The molecule has 0 bridgehead atoms. The normalized spacial score (nSPS) is 12.5. The molecule has 114 valence electrons. The molecule has 0 saturated heterocycles. The van der Waals surface area contributed by atoms with Gasteiger partial charge in [-0.05, 0) is 36.4 Å². The number of rotatable bonds is 9. The van der Waals surface area contributed by atoms with E-state index in [1.807, 2.05) is 23.9 Å². The summed E-state index contributed by atoms with van der Waals surface area (Å²) in [6.45, 7) is 7.64. The van der Waals surface area contributed by atoms with Crippen molar-refractivity contribution in [1.29, 1.82) is 0 Å². The molecule has 4 heteroatoms. The summed E-state index contributed by atoms with van der Waals surface area (Å²) >= 11 is 1.96. The average molecular weight is 297 g/mol. The molecule has 0 aliphatic carbocycles. The Morgan fingerprint density at radius 1 is 1.20 bits per heavy atom. The second kappa shape index (κ2) is 9.14. The smallest absolute Gasteiger partial charge is 0.123 e. The molecule has 20 heavy (non-hydrogen) atoms. The Labute approximate surface area is 127 Å². The van der Waals surface area contributed by atoms with Gasteiger partial charge in [0.15, 0.2) is 0 Å². The minimum absolute atomic E-state index is 0.285. The van der Waals surface area contributed by atoms with E-state index in [4.69, 9.17) is 9.47 Å². The molecule has 1 aromatic carbocycles. The maximum atomic E-state index is 5.51. The van der Waals surface area contributed by atoms with Crippen molar-refractivity contribution in [2.75, 3.05) is 26.5 Å². The van der Waals surface area contributed by atoms with E-state index in [1.165, 1.54) is 5.56 Å². The van der Waals surface area contributed by atoms with E-state index in [9.17, 15) is 0 Å². The second-order valence-electron chi connectivity index (χ2n) is 5.00. The van der Waals surface area contributed by atoms with Crippen molar-refractivity contribution in [1.82, 2.24) is 5.32 Å². The molecule has 1 unspecified atom stereocenters. The highest BCUT2D eigenvalue weighted by molar-refractivity contribution is 7.99. The summed E-state index contributed by atoms with van der Waals surface area (Å²) in [6, 6.07) is 6.28. The average Bonchev–Trinajstić information content (AvgIpc) is 2.46. The molecule has 1 N–H and O–H groups in total. The summed E-state index contributed by atoms with van der Waals surface area (Å²) in [5, 5.41) is 4.23. The molecule has 0 spiro atoms. The number of hydrogen-bond donors (Lipinski definition) is 1. The minimum Gasteiger partial charge on any atom is -0.497 e. The van der Waals surface area contributed by atoms with Gasteiger partial charge in [0.1, 0.15) is 11.5 Å². The molecule has 3 nitrogen and oxygen atoms in total. The van der Waals surface area contributed by atoms with Crippen molar-refractivity contribution in [2.24, 2.45) is 0 Å². The van der Waals surface area contributed by atoms with E-state index < -0.39 is 0 Å². The highest BCUT2D eigenvalue weighted by Gasteiger charge is 2.17. The molecule has 1 atom stereocenters. The van der Waals surface area contributed by atoms with Gasteiger partial charge in [-0.15, -0.1) is 0 Å². The Morgan fingerprint density at radius 3 is 2.50 bits per heavy atom. The fourth-order valence-corrected chi connectivity index (χ4v) is 2.85. The molecule has 0 heterocycles. The van der Waals surface area contributed by atoms with Crippen LogP contribution in [0.25, 0.3) is 0 Å². The monoisotopic (exact) mass is 297 g/mol. The van der Waals surface area contributed by atoms with Gasteiger partial charge in [-0.25, -0.2) is 0 Å². The first-order chi connectivity index (χ1) is 9.62. The van der Waals surface area contributed by atoms with Crippen LogP contribution in [-0.4, -0.2) is 31.8 Å². The molecular weight excluding hydrogens is 270 g/mol. The highest BCUT2D eigenvalue weighted by Crippen LogP contribution is 2.32. The van der Waals surface area contributed by atoms with E-state index in [1.54, 1.807) is 14.2 Å². The van der Waals surface area contributed by atoms with Gasteiger partial charge in [0.25, 0.3) is 0 Å². The molecule has 0 radical (unpaired) electrons. The number of ether oxygens (including phenoxy) is 2. The largest absolute Gasteiger partial charge is 0.497 e. The fourth-order valence-electron chi connectivity index (χ4n) is 1.98. The fraction of sp³-hybridized carbons (Fsp3) is 0.625. The number of benzene rings is 1. The van der Waals surface area contributed by atoms with Gasteiger partial charge < -0.3 is 14.8 Å². The van der Waals surface area contributed by atoms with Gasteiger partial charge in [0.05, 0.1) is 14.2 Å². The number of hydrogen-bond acceptors (Lipinski definition) is 4. The van der Waals surface area contributed by atoms with E-state index in [0.717, 1.165) is 30.2 Å². The summed E-state index contributed by atoms with van der Waals surface area (Å²) in [7, 11) is 3.42. The van der Waals surface area contributed by atoms with E-state index >= 15 is 0 Å². The predicted octanol–water partition coefficient (Wildman–Crippen LogP) is 3.89. The molecule has 0 aliphatic heterocycles. The quantitative estimate of drug-likeness (QED) is 0.749. The van der Waals surface area contributed by atoms with Crippen LogP contribution in [0.4, 0.5) is 0 Å². The summed E-state index contributed by atoms with van der Waals surface area (Å²) in [5.41, 5.74) is 1.17. The molecule has 1 aromatic rings. The Morgan fingerprint density at radius 2 is 1.95 bits per heavy atom. The van der Waals surface area contributed by atoms with Gasteiger partial charge in [-0.1, -0.05) is 20.8 Å². The summed E-state index contributed by atoms with van der Waals surface area (Å²) in [5.74, 6) is 2.82. The lowest BCUT2D eigenvalue weighted by molar-refractivity contribution is 0.392. The van der Waals surface area contributed by atoms with Crippen LogP contribution < -0.4 is 14.8 Å². The number of nitrogens with one attached hydrogen (secondary N) is 1. The van der Waals surface area contributed by atoms with Crippen LogP contribution in [-0.2, 0) is 0 Å². The maximum Gasteiger partial charge on any atom is 0.123 e. The molecule has 0 aromatic heterocycles. The lowest BCUT2D eigenvalue weighted by Crippen LogP contribution is -2.25. The van der Waals surface area contributed by atoms with E-state index in [0.29, 0.717) is 5.25 Å².